The summed E-state index contributed by atoms with van der Waals surface area (Å²) >= 11 is 1.67. The molecule has 1 N–H and O–H groups in total. The molecule has 3 heterocycles. The van der Waals surface area contributed by atoms with Gasteiger partial charge < -0.3 is 9.88 Å². The average molecular weight is 312 g/mol. The quantitative estimate of drug-likeness (QED) is 0.802. The summed E-state index contributed by atoms with van der Waals surface area (Å²) < 4.78 is 42.4. The van der Waals surface area contributed by atoms with E-state index in [1.54, 1.807) is 17.8 Å². The minimum absolute atomic E-state index is 0.450. The van der Waals surface area contributed by atoms with Crippen molar-refractivity contribution in [3.8, 4) is 0 Å². The molecule has 0 saturated heterocycles. The summed E-state index contributed by atoms with van der Waals surface area (Å²) in [6, 6.07) is 2.90. The van der Waals surface area contributed by atoms with Gasteiger partial charge in [-0.15, -0.1) is 11.8 Å². The van der Waals surface area contributed by atoms with Crippen LogP contribution in [0.25, 0.3) is 10.9 Å². The second kappa shape index (κ2) is 4.68. The predicted molar refractivity (Wildman–Crippen MR) is 77.9 cm³/mol. The van der Waals surface area contributed by atoms with Crippen molar-refractivity contribution in [3.63, 3.8) is 0 Å². The molecule has 0 bridgehead atoms. The number of benzene rings is 1. The molecule has 0 spiro atoms. The van der Waals surface area contributed by atoms with E-state index in [0.29, 0.717) is 11.8 Å². The Morgan fingerprint density at radius 2 is 1.95 bits per heavy atom. The van der Waals surface area contributed by atoms with Gasteiger partial charge in [-0.1, -0.05) is 0 Å². The van der Waals surface area contributed by atoms with Crippen LogP contribution in [0.4, 0.5) is 13.2 Å². The summed E-state index contributed by atoms with van der Waals surface area (Å²) in [6.07, 6.45) is -2.80. The van der Waals surface area contributed by atoms with Crippen molar-refractivity contribution in [2.45, 2.75) is 30.5 Å². The Morgan fingerprint density at radius 1 is 1.14 bits per heavy atom. The zero-order chi connectivity index (χ0) is 14.6. The molecule has 0 atom stereocenters. The second-order valence-electron chi connectivity index (χ2n) is 5.51. The average Bonchev–Trinajstić information content (AvgIpc) is 2.63. The van der Waals surface area contributed by atoms with Gasteiger partial charge >= 0.3 is 6.18 Å². The molecule has 2 aromatic rings. The Bertz CT molecular complexity index is 718. The van der Waals surface area contributed by atoms with E-state index in [-0.39, 0.29) is 0 Å². The number of hydrogen-bond donors (Lipinski definition) is 1. The first-order valence-electron chi connectivity index (χ1n) is 7.15. The predicted octanol–water partition coefficient (Wildman–Crippen LogP) is 3.45. The highest BCUT2D eigenvalue weighted by Gasteiger charge is 2.36. The van der Waals surface area contributed by atoms with Crippen molar-refractivity contribution in [1.29, 1.82) is 0 Å². The monoisotopic (exact) mass is 312 g/mol. The molecule has 0 amide bonds. The zero-order valence-electron chi connectivity index (χ0n) is 11.4. The number of fused-ring (bicyclic) bond motifs is 3. The van der Waals surface area contributed by atoms with Gasteiger partial charge in [0.05, 0.1) is 11.1 Å². The molecule has 112 valence electrons. The van der Waals surface area contributed by atoms with Crippen molar-refractivity contribution in [2.75, 3.05) is 18.8 Å². The van der Waals surface area contributed by atoms with Crippen LogP contribution in [-0.2, 0) is 25.6 Å². The molecular formula is C15H15F3N2S. The van der Waals surface area contributed by atoms with E-state index in [2.05, 4.69) is 9.88 Å². The Morgan fingerprint density at radius 3 is 2.76 bits per heavy atom. The van der Waals surface area contributed by atoms with Crippen molar-refractivity contribution in [2.24, 2.45) is 0 Å². The number of hydrogen-bond acceptors (Lipinski definition) is 2. The van der Waals surface area contributed by atoms with Crippen LogP contribution in [0, 0.1) is 0 Å². The highest BCUT2D eigenvalue weighted by molar-refractivity contribution is 7.99. The van der Waals surface area contributed by atoms with Gasteiger partial charge in [-0.3, -0.25) is 0 Å². The fraction of sp³-hybridized carbons (Fsp3) is 0.467. The topological polar surface area (TPSA) is 17.0 Å². The number of aromatic nitrogens is 1. The Hall–Kier alpha value is -1.14. The molecule has 0 unspecified atom stereocenters. The molecule has 1 aromatic heterocycles. The number of nitrogens with one attached hydrogen (secondary N) is 1. The summed E-state index contributed by atoms with van der Waals surface area (Å²) in [5.74, 6) is 0.933. The maximum Gasteiger partial charge on any atom is 0.417 e. The van der Waals surface area contributed by atoms with Gasteiger partial charge in [0.25, 0.3) is 0 Å². The van der Waals surface area contributed by atoms with Gasteiger partial charge in [-0.2, -0.15) is 13.2 Å². The second-order valence-corrected chi connectivity index (χ2v) is 6.64. The summed E-state index contributed by atoms with van der Waals surface area (Å²) in [6.45, 7) is 2.40. The van der Waals surface area contributed by atoms with Crippen LogP contribution in [0.2, 0.25) is 0 Å². The molecule has 4 rings (SSSR count). The van der Waals surface area contributed by atoms with Crippen LogP contribution in [0.3, 0.4) is 0 Å². The summed E-state index contributed by atoms with van der Waals surface area (Å²) in [4.78, 5) is 0.991. The van der Waals surface area contributed by atoms with E-state index in [1.807, 2.05) is 0 Å². The van der Waals surface area contributed by atoms with E-state index >= 15 is 0 Å². The van der Waals surface area contributed by atoms with Crippen LogP contribution in [0.5, 0.6) is 0 Å². The molecule has 0 saturated carbocycles. The highest BCUT2D eigenvalue weighted by Crippen LogP contribution is 2.44. The molecule has 21 heavy (non-hydrogen) atoms. The van der Waals surface area contributed by atoms with E-state index < -0.39 is 11.7 Å². The SMILES string of the molecule is FC(F)(F)c1ccc2c3c1c1c(n3CCS2)CCNCC1. The number of aryl methyl sites for hydroxylation is 1. The normalized spacial score (nSPS) is 18.6. The molecular weight excluding hydrogens is 297 g/mol. The number of thioether (sulfide) groups is 1. The molecule has 0 fully saturated rings. The fourth-order valence-electron chi connectivity index (χ4n) is 3.53. The Balaban J connectivity index is 2.11. The Kier molecular flexibility index (Phi) is 3.01. The lowest BCUT2D eigenvalue weighted by atomic mass is 10.0. The summed E-state index contributed by atoms with van der Waals surface area (Å²) in [5.41, 5.74) is 2.36. The summed E-state index contributed by atoms with van der Waals surface area (Å²) in [5, 5.41) is 3.74. The zero-order valence-corrected chi connectivity index (χ0v) is 12.2. The van der Waals surface area contributed by atoms with Gasteiger partial charge in [-0.05, 0) is 30.7 Å². The van der Waals surface area contributed by atoms with Crippen LogP contribution in [0.15, 0.2) is 17.0 Å². The Labute approximate surface area is 124 Å². The van der Waals surface area contributed by atoms with Crippen molar-refractivity contribution >= 4 is 22.7 Å². The maximum atomic E-state index is 13.4. The van der Waals surface area contributed by atoms with Crippen molar-refractivity contribution in [1.82, 2.24) is 9.88 Å². The molecule has 2 aliphatic heterocycles. The number of nitrogens with zero attached hydrogens (tertiary/aromatic N) is 1. The highest BCUT2D eigenvalue weighted by atomic mass is 32.2. The van der Waals surface area contributed by atoms with Crippen LogP contribution in [-0.4, -0.2) is 23.4 Å². The van der Waals surface area contributed by atoms with Crippen LogP contribution < -0.4 is 5.32 Å². The maximum absolute atomic E-state index is 13.4. The molecule has 0 radical (unpaired) electrons. The van der Waals surface area contributed by atoms with E-state index in [9.17, 15) is 13.2 Å². The van der Waals surface area contributed by atoms with Crippen LogP contribution >= 0.6 is 11.8 Å². The van der Waals surface area contributed by atoms with E-state index in [1.165, 1.54) is 6.07 Å². The minimum Gasteiger partial charge on any atom is -0.343 e. The third-order valence-corrected chi connectivity index (χ3v) is 5.38. The molecule has 2 nitrogen and oxygen atoms in total. The molecule has 0 aliphatic carbocycles. The van der Waals surface area contributed by atoms with Crippen molar-refractivity contribution < 1.29 is 13.2 Å². The fourth-order valence-corrected chi connectivity index (χ4v) is 4.54. The van der Waals surface area contributed by atoms with Gasteiger partial charge in [0.15, 0.2) is 0 Å². The standard InChI is InChI=1S/C15H15F3N2S/c16-15(17,18)10-1-2-12-14-13(10)9-3-5-19-6-4-11(9)20(14)7-8-21-12/h1-2,19H,3-8H2. The van der Waals surface area contributed by atoms with Gasteiger partial charge in [0.2, 0.25) is 0 Å². The number of alkyl halides is 3. The molecule has 1 aromatic carbocycles. The lowest BCUT2D eigenvalue weighted by molar-refractivity contribution is -0.136. The van der Waals surface area contributed by atoms with E-state index in [4.69, 9.17) is 0 Å². The lowest BCUT2D eigenvalue weighted by Gasteiger charge is -2.19. The largest absolute Gasteiger partial charge is 0.417 e. The third kappa shape index (κ3) is 1.99. The third-order valence-electron chi connectivity index (χ3n) is 4.35. The van der Waals surface area contributed by atoms with Crippen molar-refractivity contribution in [3.05, 3.63) is 29.0 Å². The first kappa shape index (κ1) is 13.5. The molecule has 2 aliphatic rings. The first-order chi connectivity index (χ1) is 10.1. The lowest BCUT2D eigenvalue weighted by Crippen LogP contribution is -2.18. The smallest absolute Gasteiger partial charge is 0.343 e. The van der Waals surface area contributed by atoms with Gasteiger partial charge in [0, 0.05) is 41.2 Å². The van der Waals surface area contributed by atoms with Gasteiger partial charge in [-0.25, -0.2) is 0 Å². The van der Waals surface area contributed by atoms with E-state index in [0.717, 1.165) is 53.5 Å². The number of halogens is 3. The number of rotatable bonds is 0. The minimum atomic E-state index is -4.29. The molecule has 6 heteroatoms. The summed E-state index contributed by atoms with van der Waals surface area (Å²) in [7, 11) is 0. The first-order valence-corrected chi connectivity index (χ1v) is 8.13. The van der Waals surface area contributed by atoms with Gasteiger partial charge in [0.1, 0.15) is 0 Å². The van der Waals surface area contributed by atoms with Crippen LogP contribution in [0.1, 0.15) is 16.8 Å².